The first-order valence-electron chi connectivity index (χ1n) is 1.77. The molecule has 68 valence electrons. The van der Waals surface area contributed by atoms with Crippen molar-refractivity contribution >= 4 is 19.5 Å². The summed E-state index contributed by atoms with van der Waals surface area (Å²) in [6.45, 7) is 0. The summed E-state index contributed by atoms with van der Waals surface area (Å²) >= 11 is -11.2. The molecule has 0 aromatic heterocycles. The van der Waals surface area contributed by atoms with E-state index in [0.717, 1.165) is 0 Å². The Kier molecular flexibility index (Phi) is 3.49. The molecule has 0 nitrogen and oxygen atoms in total. The van der Waals surface area contributed by atoms with Crippen molar-refractivity contribution < 1.29 is 27.7 Å². The van der Waals surface area contributed by atoms with Crippen LogP contribution in [-0.2, 0) is 0 Å². The Morgan fingerprint density at radius 3 is 0.800 bits per heavy atom. The van der Waals surface area contributed by atoms with Crippen molar-refractivity contribution in [3.63, 3.8) is 0 Å². The number of rotatable bonds is 0. The summed E-state index contributed by atoms with van der Waals surface area (Å²) in [6.07, 6.45) is 3.97. The van der Waals surface area contributed by atoms with Crippen LogP contribution < -0.4 is 0 Å². The van der Waals surface area contributed by atoms with Gasteiger partial charge in [0, 0.05) is 0 Å². The second-order valence-electron chi connectivity index (χ2n) is 1.34. The summed E-state index contributed by atoms with van der Waals surface area (Å²) in [7, 11) is 2.08. The van der Waals surface area contributed by atoms with Crippen LogP contribution in [0.15, 0.2) is 0 Å². The average Bonchev–Trinajstić information content (AvgIpc) is 1.20. The third-order valence-electron chi connectivity index (χ3n) is 0. The van der Waals surface area contributed by atoms with Crippen LogP contribution in [0.1, 0.15) is 0 Å². The van der Waals surface area contributed by atoms with Gasteiger partial charge in [0.25, 0.3) is 0 Å². The molecule has 0 aliphatic carbocycles. The van der Waals surface area contributed by atoms with Crippen LogP contribution in [0.4, 0.5) is 16.9 Å². The van der Waals surface area contributed by atoms with E-state index in [2.05, 4.69) is 10.8 Å². The van der Waals surface area contributed by atoms with E-state index in [0.29, 0.717) is 0 Å². The molecule has 0 unspecified atom stereocenters. The van der Waals surface area contributed by atoms with E-state index >= 15 is 0 Å². The van der Waals surface area contributed by atoms with E-state index in [1.54, 1.807) is 0 Å². The maximum absolute atomic E-state index is 11.2. The van der Waals surface area contributed by atoms with Gasteiger partial charge >= 0.3 is 36.4 Å². The van der Waals surface area contributed by atoms with Crippen molar-refractivity contribution in [2.24, 2.45) is 0 Å². The summed E-state index contributed by atoms with van der Waals surface area (Å²) < 4.78 is 59.6. The van der Waals surface area contributed by atoms with Gasteiger partial charge in [-0.2, -0.15) is 0 Å². The van der Waals surface area contributed by atoms with Gasteiger partial charge in [-0.05, 0) is 0 Å². The Bertz CT molecular complexity index is 85.1. The van der Waals surface area contributed by atoms with Gasteiger partial charge in [0.05, 0.1) is 0 Å². The summed E-state index contributed by atoms with van der Waals surface area (Å²) in [5, 5.41) is 0. The van der Waals surface area contributed by atoms with Crippen LogP contribution in [0.25, 0.3) is 0 Å². The van der Waals surface area contributed by atoms with E-state index in [1.165, 1.54) is 0 Å². The molecule has 0 bridgehead atoms. The zero-order valence-corrected chi connectivity index (χ0v) is 8.40. The normalized spacial score (nSPS) is 18.0. The molecular weight excluding hydrogens is 295 g/mol. The van der Waals surface area contributed by atoms with Crippen molar-refractivity contribution in [2.45, 2.75) is 0 Å². The molecule has 0 radical (unpaired) electrons. The van der Waals surface area contributed by atoms with Crippen molar-refractivity contribution in [1.82, 2.24) is 0 Å². The van der Waals surface area contributed by atoms with Crippen molar-refractivity contribution in [3.05, 3.63) is 0 Å². The van der Waals surface area contributed by atoms with Gasteiger partial charge in [-0.15, -0.1) is 0 Å². The molecule has 0 aliphatic rings. The fourth-order valence-corrected chi connectivity index (χ4v) is 0. The molecule has 0 rings (SSSR count). The predicted molar refractivity (Wildman–Crippen MR) is 24.2 cm³/mol. The molecule has 0 spiro atoms. The number of alkyl halides is 2. The van der Waals surface area contributed by atoms with Crippen LogP contribution in [0.2, 0.25) is 0 Å². The molecule has 0 saturated carbocycles. The number of hydrogen-bond acceptors (Lipinski definition) is 0. The second kappa shape index (κ2) is 2.63. The maximum atomic E-state index is 9.93. The fraction of sp³-hybridized carbons (Fsp3) is 1.00. The molecule has 0 N–H and O–H groups in total. The fourth-order valence-electron chi connectivity index (χ4n) is 0. The topological polar surface area (TPSA) is 0 Å². The first-order valence-corrected chi connectivity index (χ1v) is 9.07. The van der Waals surface area contributed by atoms with Crippen LogP contribution in [-0.4, -0.2) is 32.2 Å². The Morgan fingerprint density at radius 1 is 0.800 bits per heavy atom. The molecule has 0 aliphatic heterocycles. The van der Waals surface area contributed by atoms with Gasteiger partial charge < -0.3 is 0 Å². The van der Waals surface area contributed by atoms with Crippen LogP contribution in [0, 0.1) is 10.8 Å². The third-order valence-corrected chi connectivity index (χ3v) is 0. The molecule has 0 saturated heterocycles. The standard InChI is InChI=1S/C2H6Cl.6FH.Sb/c1-3-2;;;;;;;/h1-2H3;6*1H;/q+1;;;;;;;+5/p-6. The summed E-state index contributed by atoms with van der Waals surface area (Å²) in [6, 6.07) is 0. The van der Waals surface area contributed by atoms with E-state index in [9.17, 15) is 16.9 Å². The zero-order chi connectivity index (χ0) is 9.12. The Hall–Kier alpha value is 0.688. The molecule has 10 heavy (non-hydrogen) atoms. The Labute approximate surface area is 60.2 Å². The van der Waals surface area contributed by atoms with Crippen LogP contribution in [0.5, 0.6) is 0 Å². The predicted octanol–water partition coefficient (Wildman–Crippen LogP) is 2.47. The molecule has 0 aromatic carbocycles. The molecule has 0 amide bonds. The van der Waals surface area contributed by atoms with Crippen molar-refractivity contribution in [3.8, 4) is 0 Å². The van der Waals surface area contributed by atoms with E-state index in [-0.39, 0.29) is 0 Å². The Morgan fingerprint density at radius 2 is 0.800 bits per heavy atom. The van der Waals surface area contributed by atoms with Gasteiger partial charge in [-0.1, -0.05) is 0 Å². The minimum atomic E-state index is -11.2. The monoisotopic (exact) mass is 300 g/mol. The average molecular weight is 301 g/mol. The summed E-state index contributed by atoms with van der Waals surface area (Å²) in [5.41, 5.74) is 0. The quantitative estimate of drug-likeness (QED) is 0.366. The van der Waals surface area contributed by atoms with Crippen LogP contribution in [0.3, 0.4) is 0 Å². The van der Waals surface area contributed by atoms with E-state index < -0.39 is 19.5 Å². The molecule has 0 atom stereocenters. The molecule has 0 heterocycles. The first kappa shape index (κ1) is 13.3. The van der Waals surface area contributed by atoms with Gasteiger partial charge in [-0.25, -0.2) is 0 Å². The molecular formula is C2H6ClF6Sb. The van der Waals surface area contributed by atoms with Crippen molar-refractivity contribution in [2.75, 3.05) is 12.8 Å². The van der Waals surface area contributed by atoms with Gasteiger partial charge in [0.1, 0.15) is 10.8 Å². The second-order valence-corrected chi connectivity index (χ2v) is 7.56. The van der Waals surface area contributed by atoms with Crippen molar-refractivity contribution in [1.29, 1.82) is 0 Å². The summed E-state index contributed by atoms with van der Waals surface area (Å²) in [5.74, 6) is 0. The van der Waals surface area contributed by atoms with Gasteiger partial charge in [0.2, 0.25) is 0 Å². The molecule has 0 fully saturated rings. The first-order chi connectivity index (χ1) is 3.86. The van der Waals surface area contributed by atoms with E-state index in [1.807, 2.05) is 12.8 Å². The summed E-state index contributed by atoms with van der Waals surface area (Å²) in [4.78, 5) is 0. The number of halogens is 7. The Balaban J connectivity index is 0. The third kappa shape index (κ3) is 1080. The molecule has 8 heteroatoms. The zero-order valence-electron chi connectivity index (χ0n) is 5.09. The number of hydrogen-bond donors (Lipinski definition) is 0. The SMILES string of the molecule is C[Cl+]C.[F][Sb-]([F])([F])([F])([F])[F]. The van der Waals surface area contributed by atoms with Gasteiger partial charge in [0.15, 0.2) is 12.8 Å². The minimum absolute atomic E-state index is 1.99. The molecule has 0 aromatic rings. The van der Waals surface area contributed by atoms with E-state index in [4.69, 9.17) is 0 Å². The van der Waals surface area contributed by atoms with Crippen LogP contribution >= 0.6 is 0 Å². The van der Waals surface area contributed by atoms with Gasteiger partial charge in [-0.3, -0.25) is 0 Å².